The van der Waals surface area contributed by atoms with Crippen molar-refractivity contribution in [1.29, 1.82) is 0 Å². The molecular formula is C83H125N3O9Si2. The molecular weight excluding hydrogens is 1240 g/mol. The summed E-state index contributed by atoms with van der Waals surface area (Å²) >= 11 is 0. The quantitative estimate of drug-likeness (QED) is 0.0256. The summed E-state index contributed by atoms with van der Waals surface area (Å²) in [5.41, 5.74) is 10.6. The molecule has 2 atom stereocenters. The summed E-state index contributed by atoms with van der Waals surface area (Å²) in [4.78, 5) is 43.6. The molecule has 5 aromatic rings. The number of hydrogen-bond acceptors (Lipinski definition) is 9. The van der Waals surface area contributed by atoms with Crippen LogP contribution in [0.25, 0.3) is 11.1 Å². The van der Waals surface area contributed by atoms with E-state index in [2.05, 4.69) is 123 Å². The number of ether oxygens (including phenoxy) is 4. The Morgan fingerprint density at radius 1 is 0.423 bits per heavy atom. The number of rotatable bonds is 45. The number of carbonyl (C=O) groups is 3. The van der Waals surface area contributed by atoms with Crippen LogP contribution in [0.2, 0.25) is 33.2 Å². The fourth-order valence-corrected chi connectivity index (χ4v) is 27.1. The Balaban J connectivity index is 0.950. The zero-order valence-electron chi connectivity index (χ0n) is 62.2. The molecule has 0 fully saturated rings. The minimum Gasteiger partial charge on any atom is -0.493 e. The van der Waals surface area contributed by atoms with Crippen molar-refractivity contribution < 1.29 is 42.2 Å². The molecule has 1 aliphatic heterocycles. The molecule has 7 rings (SSSR count). The molecule has 5 aromatic carbocycles. The van der Waals surface area contributed by atoms with Gasteiger partial charge in [0.1, 0.15) is 41.7 Å². The van der Waals surface area contributed by atoms with E-state index in [1.54, 1.807) is 0 Å². The number of fused-ring (bicyclic) bond motifs is 5. The molecule has 0 spiro atoms. The lowest BCUT2D eigenvalue weighted by Gasteiger charge is -2.42. The maximum atomic E-state index is 15.0. The van der Waals surface area contributed by atoms with Crippen LogP contribution >= 0.6 is 0 Å². The first-order valence-corrected chi connectivity index (χ1v) is 42.2. The van der Waals surface area contributed by atoms with Gasteiger partial charge in [-0.3, -0.25) is 9.59 Å². The van der Waals surface area contributed by atoms with Gasteiger partial charge in [-0.25, -0.2) is 4.79 Å². The summed E-state index contributed by atoms with van der Waals surface area (Å²) in [6.45, 7) is 35.5. The van der Waals surface area contributed by atoms with E-state index in [1.165, 1.54) is 77.0 Å². The molecule has 534 valence electrons. The molecule has 97 heavy (non-hydrogen) atoms. The van der Waals surface area contributed by atoms with Gasteiger partial charge in [0.25, 0.3) is 0 Å². The fourth-order valence-electron chi connectivity index (χ4n) is 16.1. The van der Waals surface area contributed by atoms with Crippen LogP contribution in [-0.2, 0) is 29.6 Å². The van der Waals surface area contributed by atoms with Crippen molar-refractivity contribution in [2.45, 2.75) is 283 Å². The summed E-state index contributed by atoms with van der Waals surface area (Å²) in [6.07, 6.45) is 21.1. The monoisotopic (exact) mass is 1360 g/mol. The first-order valence-electron chi connectivity index (χ1n) is 37.9. The van der Waals surface area contributed by atoms with Crippen molar-refractivity contribution in [1.82, 2.24) is 16.0 Å². The molecule has 0 saturated carbocycles. The summed E-state index contributed by atoms with van der Waals surface area (Å²) in [5.74, 6) is 1.60. The van der Waals surface area contributed by atoms with Gasteiger partial charge >= 0.3 is 6.09 Å². The highest BCUT2D eigenvalue weighted by Gasteiger charge is 2.46. The van der Waals surface area contributed by atoms with Gasteiger partial charge in [-0.1, -0.05) is 266 Å². The van der Waals surface area contributed by atoms with Crippen LogP contribution < -0.4 is 30.2 Å². The summed E-state index contributed by atoms with van der Waals surface area (Å²) in [6, 6.07) is 35.1. The topological polar surface area (TPSA) is 143 Å². The number of amides is 3. The molecule has 0 saturated heterocycles. The Labute approximate surface area is 588 Å². The van der Waals surface area contributed by atoms with E-state index < -0.39 is 46.8 Å². The van der Waals surface area contributed by atoms with E-state index in [1.807, 2.05) is 105 Å². The van der Waals surface area contributed by atoms with Crippen LogP contribution in [0.4, 0.5) is 4.79 Å². The molecule has 0 aromatic heterocycles. The smallest absolute Gasteiger partial charge is 0.407 e. The third-order valence-electron chi connectivity index (χ3n) is 20.9. The van der Waals surface area contributed by atoms with Gasteiger partial charge < -0.3 is 43.7 Å². The molecule has 1 aliphatic carbocycles. The molecule has 3 N–H and O–H groups in total. The molecule has 1 heterocycles. The van der Waals surface area contributed by atoms with Crippen LogP contribution in [0.3, 0.4) is 0 Å². The second kappa shape index (κ2) is 39.7. The first kappa shape index (κ1) is 78.4. The Bertz CT molecular complexity index is 2970. The van der Waals surface area contributed by atoms with Gasteiger partial charge in [-0.15, -0.1) is 0 Å². The van der Waals surface area contributed by atoms with Crippen LogP contribution in [0.1, 0.15) is 259 Å². The van der Waals surface area contributed by atoms with E-state index in [0.29, 0.717) is 75.9 Å². The highest BCUT2D eigenvalue weighted by atomic mass is 28.4. The Morgan fingerprint density at radius 2 is 0.814 bits per heavy atom. The number of carbonyl (C=O) groups excluding carboxylic acids is 3. The Hall–Kier alpha value is -5.94. The molecule has 12 nitrogen and oxygen atoms in total. The van der Waals surface area contributed by atoms with Gasteiger partial charge in [0.05, 0.1) is 19.3 Å². The average Bonchev–Trinajstić information content (AvgIpc) is 1.74. The normalized spacial score (nSPS) is 13.8. The molecule has 14 heteroatoms. The zero-order chi connectivity index (χ0) is 69.9. The van der Waals surface area contributed by atoms with E-state index in [-0.39, 0.29) is 30.8 Å². The van der Waals surface area contributed by atoms with Crippen molar-refractivity contribution in [2.24, 2.45) is 5.92 Å². The predicted molar refractivity (Wildman–Crippen MR) is 405 cm³/mol. The van der Waals surface area contributed by atoms with Crippen molar-refractivity contribution in [3.8, 4) is 34.1 Å². The maximum absolute atomic E-state index is 15.0. The first-order chi connectivity index (χ1) is 46.7. The number of hydrogen-bond donors (Lipinski definition) is 3. The molecule has 0 unspecified atom stereocenters. The highest BCUT2D eigenvalue weighted by Crippen LogP contribution is 2.48. The van der Waals surface area contributed by atoms with Gasteiger partial charge in [-0.2, -0.15) is 0 Å². The standard InChI is InChI=1S/C83H125N3O9Si2/c1-59(2)54-76(84-81(87)77(55-66-40-30-29-31-41-66)85-83(89)92-58-75-71-44-34-32-42-69(71)70-43-33-35-45-72(70)75)82(88)86-80-73-48-46-67(90-50-36-25-21-17-15-19-23-27-38-52-93-96(60(3)4,61(5)6)62(7)8)56-78(73)95-79-57-68(47-49-74(79)80)91-51-37-26-22-18-16-20-24-28-39-53-94-97(63(9)10,64(11)12)65(13)14/h29-35,40-49,56-57,59-65,75-77,80H,15-28,36-39,50-55,58H2,1-14H3,(H,84,87)(H,85,89)(H,86,88)/t76-,77-/m0/s1. The van der Waals surface area contributed by atoms with Gasteiger partial charge in [0.15, 0.2) is 16.6 Å². The largest absolute Gasteiger partial charge is 0.493 e. The molecule has 0 bridgehead atoms. The lowest BCUT2D eigenvalue weighted by Crippen LogP contribution is -2.55. The van der Waals surface area contributed by atoms with Crippen molar-refractivity contribution in [3.05, 3.63) is 143 Å². The number of unbranched alkanes of at least 4 members (excludes halogenated alkanes) is 16. The van der Waals surface area contributed by atoms with Crippen LogP contribution in [-0.4, -0.2) is 79.7 Å². The van der Waals surface area contributed by atoms with Crippen molar-refractivity contribution >= 4 is 34.5 Å². The Kier molecular flexibility index (Phi) is 32.1. The third kappa shape index (κ3) is 22.3. The van der Waals surface area contributed by atoms with Gasteiger partial charge in [-0.05, 0) is 123 Å². The second-order valence-electron chi connectivity index (χ2n) is 30.2. The Morgan fingerprint density at radius 3 is 1.23 bits per heavy atom. The lowest BCUT2D eigenvalue weighted by molar-refractivity contribution is -0.130. The number of nitrogens with one attached hydrogen (secondary N) is 3. The lowest BCUT2D eigenvalue weighted by atomic mass is 9.93. The van der Waals surface area contributed by atoms with E-state index >= 15 is 4.79 Å². The summed E-state index contributed by atoms with van der Waals surface area (Å²) < 4.78 is 39.1. The second-order valence-corrected chi connectivity index (χ2v) is 41.2. The van der Waals surface area contributed by atoms with Crippen molar-refractivity contribution in [3.63, 3.8) is 0 Å². The van der Waals surface area contributed by atoms with E-state index in [4.69, 9.17) is 27.8 Å². The van der Waals surface area contributed by atoms with Gasteiger partial charge in [0, 0.05) is 48.8 Å². The van der Waals surface area contributed by atoms with Gasteiger partial charge in [0.2, 0.25) is 11.8 Å². The van der Waals surface area contributed by atoms with E-state index in [9.17, 15) is 9.59 Å². The molecule has 3 amide bonds. The fraction of sp³-hybridized carbons (Fsp3) is 0.602. The average molecular weight is 1370 g/mol. The molecule has 2 aliphatic rings. The SMILES string of the molecule is CC(C)C[C@H](NC(=O)[C@H](Cc1ccccc1)NC(=O)OCC1c2ccccc2-c2ccccc21)C(=O)NC1c2ccc(OCCCCCCCCCCCO[Si](C(C)C)(C(C)C)C(C)C)cc2Oc2cc(OCCCCCCCCCCCO[Si](C(C)C)(C(C)C)C(C)C)ccc21. The van der Waals surface area contributed by atoms with E-state index in [0.717, 1.165) is 90.7 Å². The maximum Gasteiger partial charge on any atom is 0.407 e. The van der Waals surface area contributed by atoms with Crippen LogP contribution in [0.15, 0.2) is 115 Å². The van der Waals surface area contributed by atoms with Crippen LogP contribution in [0.5, 0.6) is 23.0 Å². The summed E-state index contributed by atoms with van der Waals surface area (Å²) in [7, 11) is -3.59. The summed E-state index contributed by atoms with van der Waals surface area (Å²) in [5, 5.41) is 9.35. The van der Waals surface area contributed by atoms with Crippen molar-refractivity contribution in [2.75, 3.05) is 33.0 Å². The zero-order valence-corrected chi connectivity index (χ0v) is 64.2. The minimum absolute atomic E-state index is 0.0342. The molecule has 0 radical (unpaired) electrons. The van der Waals surface area contributed by atoms with Crippen LogP contribution in [0, 0.1) is 5.92 Å². The predicted octanol–water partition coefficient (Wildman–Crippen LogP) is 21.8. The number of alkyl carbamates (subject to hydrolysis) is 1. The minimum atomic E-state index is -1.79. The third-order valence-corrected chi connectivity index (χ3v) is 33.1. The highest BCUT2D eigenvalue weighted by molar-refractivity contribution is 6.78. The number of benzene rings is 5.